The van der Waals surface area contributed by atoms with Crippen LogP contribution in [0, 0.1) is 5.82 Å². The Morgan fingerprint density at radius 1 is 0.938 bits per heavy atom. The van der Waals surface area contributed by atoms with Gasteiger partial charge in [-0.15, -0.1) is 0 Å². The van der Waals surface area contributed by atoms with Crippen molar-refractivity contribution in [3.63, 3.8) is 0 Å². The number of amides is 1. The molecule has 0 saturated heterocycles. The zero-order valence-electron chi connectivity index (χ0n) is 20.4. The largest absolute Gasteiger partial charge is 0.488 e. The third-order valence-corrected chi connectivity index (χ3v) is 5.80. The van der Waals surface area contributed by atoms with Gasteiger partial charge < -0.3 is 14.8 Å². The van der Waals surface area contributed by atoms with E-state index in [1.54, 1.807) is 12.1 Å². The normalized spacial score (nSPS) is 11.8. The van der Waals surface area contributed by atoms with Crippen molar-refractivity contribution in [1.29, 1.82) is 0 Å². The molecule has 2 aromatic rings. The molecule has 0 fully saturated rings. The van der Waals surface area contributed by atoms with Gasteiger partial charge in [0.05, 0.1) is 5.56 Å². The first-order valence-electron chi connectivity index (χ1n) is 11.6. The van der Waals surface area contributed by atoms with Crippen LogP contribution in [-0.2, 0) is 6.42 Å². The summed E-state index contributed by atoms with van der Waals surface area (Å²) in [6.07, 6.45) is 4.28. The van der Waals surface area contributed by atoms with Crippen molar-refractivity contribution in [2.75, 3.05) is 6.54 Å². The number of rotatable bonds is 12. The molecular weight excluding hydrogens is 405 g/mol. The Balaban J connectivity index is 1.98. The molecule has 0 aliphatic carbocycles. The van der Waals surface area contributed by atoms with E-state index in [1.807, 2.05) is 12.1 Å². The lowest BCUT2D eigenvalue weighted by Gasteiger charge is -2.29. The molecule has 0 atom stereocenters. The fraction of sp³-hybridized carbons (Fsp3) is 0.519. The standard InChI is InChI=1S/C27H38FNO3/c1-7-26(3,4)31-21-17-16-20(24(19-21)32-27(5,6)8-2)13-11-12-18-29-25(30)22-14-9-10-15-23(22)28/h9-10,14-17,19H,7-8,11-13,18H2,1-6H3,(H,29,30). The molecule has 0 unspecified atom stereocenters. The van der Waals surface area contributed by atoms with E-state index in [4.69, 9.17) is 9.47 Å². The number of unbranched alkanes of at least 4 members (excludes halogenated alkanes) is 1. The number of halogens is 1. The van der Waals surface area contributed by atoms with Crippen molar-refractivity contribution in [2.24, 2.45) is 0 Å². The quantitative estimate of drug-likeness (QED) is 0.371. The van der Waals surface area contributed by atoms with Gasteiger partial charge in [0.2, 0.25) is 0 Å². The van der Waals surface area contributed by atoms with Crippen LogP contribution in [0.15, 0.2) is 42.5 Å². The highest BCUT2D eigenvalue weighted by Crippen LogP contribution is 2.32. The van der Waals surface area contributed by atoms with Gasteiger partial charge in [-0.05, 0) is 83.6 Å². The van der Waals surface area contributed by atoms with Crippen LogP contribution in [0.5, 0.6) is 11.5 Å². The summed E-state index contributed by atoms with van der Waals surface area (Å²) in [6, 6.07) is 12.1. The number of carbonyl (C=O) groups excluding carboxylic acids is 1. The van der Waals surface area contributed by atoms with Crippen molar-refractivity contribution in [3.8, 4) is 11.5 Å². The summed E-state index contributed by atoms with van der Waals surface area (Å²) in [7, 11) is 0. The zero-order chi connectivity index (χ0) is 23.8. The number of aryl methyl sites for hydroxylation is 1. The molecule has 1 N–H and O–H groups in total. The van der Waals surface area contributed by atoms with E-state index in [0.29, 0.717) is 6.54 Å². The lowest BCUT2D eigenvalue weighted by Crippen LogP contribution is -2.28. The third-order valence-electron chi connectivity index (χ3n) is 5.80. The average molecular weight is 444 g/mol. The molecule has 0 aliphatic heterocycles. The van der Waals surface area contributed by atoms with Crippen molar-refractivity contribution in [3.05, 3.63) is 59.4 Å². The molecule has 0 spiro atoms. The van der Waals surface area contributed by atoms with E-state index in [2.05, 4.69) is 52.9 Å². The predicted molar refractivity (Wildman–Crippen MR) is 128 cm³/mol. The smallest absolute Gasteiger partial charge is 0.254 e. The molecule has 0 aliphatic rings. The van der Waals surface area contributed by atoms with Crippen LogP contribution in [-0.4, -0.2) is 23.7 Å². The zero-order valence-corrected chi connectivity index (χ0v) is 20.4. The maximum Gasteiger partial charge on any atom is 0.254 e. The van der Waals surface area contributed by atoms with Gasteiger partial charge in [-0.1, -0.05) is 32.0 Å². The Morgan fingerprint density at radius 3 is 2.25 bits per heavy atom. The van der Waals surface area contributed by atoms with E-state index in [0.717, 1.165) is 49.2 Å². The fourth-order valence-corrected chi connectivity index (χ4v) is 3.04. The van der Waals surface area contributed by atoms with Crippen molar-refractivity contribution in [2.45, 2.75) is 84.8 Å². The second-order valence-corrected chi connectivity index (χ2v) is 9.39. The fourth-order valence-electron chi connectivity index (χ4n) is 3.04. The van der Waals surface area contributed by atoms with E-state index >= 15 is 0 Å². The Labute approximate surface area is 192 Å². The molecule has 0 saturated carbocycles. The van der Waals surface area contributed by atoms with Crippen LogP contribution in [0.4, 0.5) is 4.39 Å². The van der Waals surface area contributed by atoms with Gasteiger partial charge in [0.1, 0.15) is 28.5 Å². The first kappa shape index (κ1) is 25.7. The number of nitrogens with one attached hydrogen (secondary N) is 1. The lowest BCUT2D eigenvalue weighted by atomic mass is 10.0. The van der Waals surface area contributed by atoms with Crippen molar-refractivity contribution < 1.29 is 18.7 Å². The lowest BCUT2D eigenvalue weighted by molar-refractivity contribution is 0.0939. The highest BCUT2D eigenvalue weighted by molar-refractivity contribution is 5.94. The van der Waals surface area contributed by atoms with Gasteiger partial charge in [-0.2, -0.15) is 0 Å². The molecular formula is C27H38FNO3. The molecule has 5 heteroatoms. The summed E-state index contributed by atoms with van der Waals surface area (Å²) < 4.78 is 26.2. The van der Waals surface area contributed by atoms with Crippen LogP contribution in [0.1, 0.15) is 83.1 Å². The van der Waals surface area contributed by atoms with E-state index in [1.165, 1.54) is 12.1 Å². The summed E-state index contributed by atoms with van der Waals surface area (Å²) in [5.41, 5.74) is 0.681. The van der Waals surface area contributed by atoms with Crippen molar-refractivity contribution in [1.82, 2.24) is 5.32 Å². The van der Waals surface area contributed by atoms with Gasteiger partial charge in [0, 0.05) is 12.6 Å². The van der Waals surface area contributed by atoms with Gasteiger partial charge in [0.25, 0.3) is 5.91 Å². The number of benzene rings is 2. The summed E-state index contributed by atoms with van der Waals surface area (Å²) in [5, 5.41) is 2.80. The van der Waals surface area contributed by atoms with E-state index in [-0.39, 0.29) is 22.7 Å². The van der Waals surface area contributed by atoms with Gasteiger partial charge in [-0.3, -0.25) is 4.79 Å². The van der Waals surface area contributed by atoms with Crippen LogP contribution in [0.25, 0.3) is 0 Å². The molecule has 4 nitrogen and oxygen atoms in total. The molecule has 1 amide bonds. The molecule has 2 aromatic carbocycles. The number of hydrogen-bond acceptors (Lipinski definition) is 3. The average Bonchev–Trinajstić information content (AvgIpc) is 2.74. The minimum Gasteiger partial charge on any atom is -0.488 e. The second-order valence-electron chi connectivity index (χ2n) is 9.39. The Bertz CT molecular complexity index is 892. The SMILES string of the molecule is CCC(C)(C)Oc1ccc(CCCCNC(=O)c2ccccc2F)c(OC(C)(C)CC)c1. The molecule has 0 radical (unpaired) electrons. The van der Waals surface area contributed by atoms with Crippen LogP contribution in [0.3, 0.4) is 0 Å². The monoisotopic (exact) mass is 443 g/mol. The molecule has 32 heavy (non-hydrogen) atoms. The first-order chi connectivity index (χ1) is 15.1. The summed E-state index contributed by atoms with van der Waals surface area (Å²) in [6.45, 7) is 13.0. The summed E-state index contributed by atoms with van der Waals surface area (Å²) in [5.74, 6) is 0.770. The maximum atomic E-state index is 13.7. The molecule has 2 rings (SSSR count). The third kappa shape index (κ3) is 7.85. The molecule has 0 aromatic heterocycles. The predicted octanol–water partition coefficient (Wildman–Crippen LogP) is 6.71. The van der Waals surface area contributed by atoms with E-state index in [9.17, 15) is 9.18 Å². The van der Waals surface area contributed by atoms with Crippen LogP contribution < -0.4 is 14.8 Å². The van der Waals surface area contributed by atoms with Crippen molar-refractivity contribution >= 4 is 5.91 Å². The number of ether oxygens (including phenoxy) is 2. The van der Waals surface area contributed by atoms with Gasteiger partial charge in [-0.25, -0.2) is 4.39 Å². The summed E-state index contributed by atoms with van der Waals surface area (Å²) in [4.78, 5) is 12.1. The minimum atomic E-state index is -0.501. The van der Waals surface area contributed by atoms with Crippen LogP contribution in [0.2, 0.25) is 0 Å². The highest BCUT2D eigenvalue weighted by Gasteiger charge is 2.21. The number of hydrogen-bond donors (Lipinski definition) is 1. The van der Waals surface area contributed by atoms with E-state index < -0.39 is 5.82 Å². The minimum absolute atomic E-state index is 0.0792. The number of carbonyl (C=O) groups is 1. The van der Waals surface area contributed by atoms with Gasteiger partial charge in [0.15, 0.2) is 0 Å². The molecule has 0 heterocycles. The topological polar surface area (TPSA) is 47.6 Å². The van der Waals surface area contributed by atoms with Gasteiger partial charge >= 0.3 is 0 Å². The Kier molecular flexibility index (Phi) is 9.11. The Hall–Kier alpha value is -2.56. The summed E-state index contributed by atoms with van der Waals surface area (Å²) >= 11 is 0. The highest BCUT2D eigenvalue weighted by atomic mass is 19.1. The first-order valence-corrected chi connectivity index (χ1v) is 11.6. The van der Waals surface area contributed by atoms with Crippen LogP contribution >= 0.6 is 0 Å². The molecule has 176 valence electrons. The second kappa shape index (κ2) is 11.3. The Morgan fingerprint density at radius 2 is 1.59 bits per heavy atom. The maximum absolute atomic E-state index is 13.7. The molecule has 0 bridgehead atoms.